The summed E-state index contributed by atoms with van der Waals surface area (Å²) in [6.45, 7) is 6.59. The van der Waals surface area contributed by atoms with Crippen LogP contribution in [0.15, 0.2) is 6.07 Å². The molecule has 4 heteroatoms. The van der Waals surface area contributed by atoms with Crippen LogP contribution in [0.1, 0.15) is 49.9 Å². The van der Waals surface area contributed by atoms with E-state index in [9.17, 15) is 0 Å². The van der Waals surface area contributed by atoms with Gasteiger partial charge in [-0.05, 0) is 49.1 Å². The minimum Gasteiger partial charge on any atom is -0.384 e. The fraction of sp³-hybridized carbons (Fsp3) is 0.625. The third-order valence-corrected chi connectivity index (χ3v) is 4.55. The molecule has 1 aromatic rings. The highest BCUT2D eigenvalue weighted by Gasteiger charge is 2.32. The Morgan fingerprint density at radius 2 is 2.10 bits per heavy atom. The molecule has 1 aromatic heterocycles. The third-order valence-electron chi connectivity index (χ3n) is 4.55. The standard InChI is InChI=1S/C16H24N4/c1-16(2)7-8-20(10-16)15-12(14(17)18)9-11-5-3-4-6-13(11)19-15/h9H,3-8,10H2,1-2H3,(H3,17,18). The zero-order valence-electron chi connectivity index (χ0n) is 12.5. The molecule has 0 bridgehead atoms. The number of hydrogen-bond donors (Lipinski definition) is 2. The van der Waals surface area contributed by atoms with Crippen molar-refractivity contribution in [1.29, 1.82) is 5.41 Å². The van der Waals surface area contributed by atoms with Gasteiger partial charge in [0.05, 0.1) is 5.56 Å². The van der Waals surface area contributed by atoms with Crippen molar-refractivity contribution in [1.82, 2.24) is 4.98 Å². The van der Waals surface area contributed by atoms with Crippen LogP contribution in [0.3, 0.4) is 0 Å². The van der Waals surface area contributed by atoms with Crippen molar-refractivity contribution in [3.05, 3.63) is 22.9 Å². The number of nitrogens with two attached hydrogens (primary N) is 1. The highest BCUT2D eigenvalue weighted by molar-refractivity contribution is 6.00. The Labute approximate surface area is 120 Å². The van der Waals surface area contributed by atoms with Crippen LogP contribution in [0.4, 0.5) is 5.82 Å². The van der Waals surface area contributed by atoms with E-state index in [4.69, 9.17) is 16.1 Å². The Hall–Kier alpha value is -1.58. The van der Waals surface area contributed by atoms with Crippen LogP contribution in [0.5, 0.6) is 0 Å². The Morgan fingerprint density at radius 3 is 2.75 bits per heavy atom. The van der Waals surface area contributed by atoms with Crippen LogP contribution in [0.25, 0.3) is 0 Å². The highest BCUT2D eigenvalue weighted by Crippen LogP contribution is 2.34. The largest absolute Gasteiger partial charge is 0.384 e. The SMILES string of the molecule is CC1(C)CCN(c2nc3c(cc2C(=N)N)CCCC3)C1. The van der Waals surface area contributed by atoms with E-state index in [2.05, 4.69) is 24.8 Å². The number of aromatic nitrogens is 1. The van der Waals surface area contributed by atoms with E-state index in [1.165, 1.54) is 30.5 Å². The number of hydrogen-bond acceptors (Lipinski definition) is 3. The van der Waals surface area contributed by atoms with Crippen LogP contribution in [-0.2, 0) is 12.8 Å². The number of anilines is 1. The fourth-order valence-electron chi connectivity index (χ4n) is 3.36. The summed E-state index contributed by atoms with van der Waals surface area (Å²) in [6.07, 6.45) is 5.77. The molecule has 3 N–H and O–H groups in total. The summed E-state index contributed by atoms with van der Waals surface area (Å²) < 4.78 is 0. The molecule has 1 fully saturated rings. The third kappa shape index (κ3) is 2.39. The first-order chi connectivity index (χ1) is 9.46. The minimum absolute atomic E-state index is 0.144. The maximum Gasteiger partial charge on any atom is 0.139 e. The summed E-state index contributed by atoms with van der Waals surface area (Å²) in [5.41, 5.74) is 9.47. The lowest BCUT2D eigenvalue weighted by molar-refractivity contribution is 0.418. The zero-order valence-corrected chi connectivity index (χ0v) is 12.5. The number of pyridine rings is 1. The monoisotopic (exact) mass is 272 g/mol. The summed E-state index contributed by atoms with van der Waals surface area (Å²) in [5.74, 6) is 1.08. The van der Waals surface area contributed by atoms with Crippen LogP contribution < -0.4 is 10.6 Å². The van der Waals surface area contributed by atoms with Gasteiger partial charge in [-0.2, -0.15) is 0 Å². The lowest BCUT2D eigenvalue weighted by Gasteiger charge is -2.25. The van der Waals surface area contributed by atoms with Gasteiger partial charge >= 0.3 is 0 Å². The van der Waals surface area contributed by atoms with Crippen LogP contribution in [0.2, 0.25) is 0 Å². The molecule has 2 aliphatic rings. The van der Waals surface area contributed by atoms with Crippen LogP contribution in [0, 0.1) is 10.8 Å². The molecule has 0 atom stereocenters. The fourth-order valence-corrected chi connectivity index (χ4v) is 3.36. The first-order valence-corrected chi connectivity index (χ1v) is 7.58. The lowest BCUT2D eigenvalue weighted by atomic mass is 9.93. The van der Waals surface area contributed by atoms with E-state index in [0.29, 0.717) is 5.41 Å². The molecule has 2 heterocycles. The van der Waals surface area contributed by atoms with Crippen molar-refractivity contribution in [3.8, 4) is 0 Å². The quantitative estimate of drug-likeness (QED) is 0.642. The van der Waals surface area contributed by atoms with Crippen LogP contribution >= 0.6 is 0 Å². The van der Waals surface area contributed by atoms with Gasteiger partial charge in [-0.15, -0.1) is 0 Å². The van der Waals surface area contributed by atoms with Gasteiger partial charge < -0.3 is 10.6 Å². The smallest absolute Gasteiger partial charge is 0.139 e. The van der Waals surface area contributed by atoms with Gasteiger partial charge in [0.25, 0.3) is 0 Å². The van der Waals surface area contributed by atoms with E-state index in [0.717, 1.165) is 37.3 Å². The van der Waals surface area contributed by atoms with Crippen LogP contribution in [-0.4, -0.2) is 23.9 Å². The lowest BCUT2D eigenvalue weighted by Crippen LogP contribution is -2.28. The Bertz CT molecular complexity index is 548. The van der Waals surface area contributed by atoms with Gasteiger partial charge in [0, 0.05) is 18.8 Å². The van der Waals surface area contributed by atoms with Crippen molar-refractivity contribution in [3.63, 3.8) is 0 Å². The average molecular weight is 272 g/mol. The van der Waals surface area contributed by atoms with E-state index in [-0.39, 0.29) is 5.84 Å². The molecule has 0 saturated carbocycles. The number of aryl methyl sites for hydroxylation is 2. The Morgan fingerprint density at radius 1 is 1.35 bits per heavy atom. The molecule has 0 unspecified atom stereocenters. The zero-order chi connectivity index (χ0) is 14.3. The predicted octanol–water partition coefficient (Wildman–Crippen LogP) is 2.48. The van der Waals surface area contributed by atoms with E-state index < -0.39 is 0 Å². The number of amidine groups is 1. The maximum absolute atomic E-state index is 7.87. The maximum atomic E-state index is 7.87. The molecule has 108 valence electrons. The molecule has 1 saturated heterocycles. The van der Waals surface area contributed by atoms with Crippen molar-refractivity contribution >= 4 is 11.7 Å². The topological polar surface area (TPSA) is 66.0 Å². The van der Waals surface area contributed by atoms with Gasteiger partial charge in [-0.3, -0.25) is 5.41 Å². The molecule has 0 amide bonds. The summed E-state index contributed by atoms with van der Waals surface area (Å²) in [4.78, 5) is 7.20. The molecule has 20 heavy (non-hydrogen) atoms. The molecule has 0 spiro atoms. The van der Waals surface area contributed by atoms with Crippen molar-refractivity contribution in [2.24, 2.45) is 11.1 Å². The molecule has 0 aromatic carbocycles. The minimum atomic E-state index is 0.144. The molecular weight excluding hydrogens is 248 g/mol. The average Bonchev–Trinajstić information content (AvgIpc) is 2.77. The summed E-state index contributed by atoms with van der Waals surface area (Å²) >= 11 is 0. The number of rotatable bonds is 2. The van der Waals surface area contributed by atoms with Gasteiger partial charge in [0.15, 0.2) is 0 Å². The molecule has 1 aliphatic heterocycles. The first-order valence-electron chi connectivity index (χ1n) is 7.58. The highest BCUT2D eigenvalue weighted by atomic mass is 15.2. The van der Waals surface area contributed by atoms with Gasteiger partial charge in [-0.25, -0.2) is 4.98 Å². The Kier molecular flexibility index (Phi) is 3.19. The number of nitrogens with zero attached hydrogens (tertiary/aromatic N) is 2. The van der Waals surface area contributed by atoms with Gasteiger partial charge in [0.1, 0.15) is 11.7 Å². The van der Waals surface area contributed by atoms with Crippen molar-refractivity contribution < 1.29 is 0 Å². The summed E-state index contributed by atoms with van der Waals surface area (Å²) in [5, 5.41) is 7.87. The number of fused-ring (bicyclic) bond motifs is 1. The van der Waals surface area contributed by atoms with Gasteiger partial charge in [0.2, 0.25) is 0 Å². The first kappa shape index (κ1) is 13.4. The van der Waals surface area contributed by atoms with E-state index in [1.807, 2.05) is 0 Å². The predicted molar refractivity (Wildman–Crippen MR) is 82.5 cm³/mol. The van der Waals surface area contributed by atoms with Crippen molar-refractivity contribution in [2.75, 3.05) is 18.0 Å². The molecule has 0 radical (unpaired) electrons. The molecular formula is C16H24N4. The number of nitrogen functional groups attached to an aromatic ring is 1. The molecule has 4 nitrogen and oxygen atoms in total. The second kappa shape index (κ2) is 4.76. The Balaban J connectivity index is 2.02. The number of nitrogens with one attached hydrogen (secondary N) is 1. The molecule has 1 aliphatic carbocycles. The second-order valence-corrected chi connectivity index (χ2v) is 6.92. The second-order valence-electron chi connectivity index (χ2n) is 6.92. The van der Waals surface area contributed by atoms with Crippen molar-refractivity contribution in [2.45, 2.75) is 46.0 Å². The molecule has 3 rings (SSSR count). The summed E-state index contributed by atoms with van der Waals surface area (Å²) in [6, 6.07) is 2.12. The normalized spacial score (nSPS) is 20.8. The summed E-state index contributed by atoms with van der Waals surface area (Å²) in [7, 11) is 0. The van der Waals surface area contributed by atoms with E-state index in [1.54, 1.807) is 0 Å². The van der Waals surface area contributed by atoms with Gasteiger partial charge in [-0.1, -0.05) is 13.8 Å². The van der Waals surface area contributed by atoms with E-state index >= 15 is 0 Å².